The van der Waals surface area contributed by atoms with Gasteiger partial charge in [0.2, 0.25) is 5.95 Å². The van der Waals surface area contributed by atoms with Crippen LogP contribution < -0.4 is 11.1 Å². The smallest absolute Gasteiger partial charge is 0.253 e. The van der Waals surface area contributed by atoms with Crippen LogP contribution in [0.5, 0.6) is 0 Å². The molecule has 0 spiro atoms. The van der Waals surface area contributed by atoms with Crippen molar-refractivity contribution in [3.05, 3.63) is 83.6 Å². The van der Waals surface area contributed by atoms with Gasteiger partial charge < -0.3 is 16.0 Å². The zero-order valence-electron chi connectivity index (χ0n) is 17.7. The van der Waals surface area contributed by atoms with E-state index in [0.717, 1.165) is 59.7 Å². The van der Waals surface area contributed by atoms with Gasteiger partial charge in [-0.25, -0.2) is 15.0 Å². The molecule has 0 unspecified atom stereocenters. The summed E-state index contributed by atoms with van der Waals surface area (Å²) in [5.41, 5.74) is 11.8. The molecule has 0 saturated carbocycles. The molecular weight excluding hydrogens is 400 g/mol. The fraction of sp³-hybridized carbons (Fsp3) is 0.200. The second-order valence-electron chi connectivity index (χ2n) is 7.87. The maximum absolute atomic E-state index is 12.7. The summed E-state index contributed by atoms with van der Waals surface area (Å²) in [6.07, 6.45) is 0.624. The van der Waals surface area contributed by atoms with E-state index in [2.05, 4.69) is 27.4 Å². The van der Waals surface area contributed by atoms with E-state index in [9.17, 15) is 4.79 Å². The molecule has 32 heavy (non-hydrogen) atoms. The molecular formula is C25H24N6O. The Morgan fingerprint density at radius 1 is 0.906 bits per heavy atom. The fourth-order valence-corrected chi connectivity index (χ4v) is 4.00. The van der Waals surface area contributed by atoms with Crippen molar-refractivity contribution in [1.29, 1.82) is 0 Å². The molecule has 7 nitrogen and oxygen atoms in total. The Morgan fingerprint density at radius 3 is 2.41 bits per heavy atom. The predicted octanol–water partition coefficient (Wildman–Crippen LogP) is 2.91. The number of hydrogen-bond acceptors (Lipinski definition) is 6. The predicted molar refractivity (Wildman–Crippen MR) is 125 cm³/mol. The van der Waals surface area contributed by atoms with Crippen molar-refractivity contribution in [2.75, 3.05) is 31.9 Å². The fourth-order valence-electron chi connectivity index (χ4n) is 4.00. The van der Waals surface area contributed by atoms with Crippen molar-refractivity contribution in [2.45, 2.75) is 6.42 Å². The van der Waals surface area contributed by atoms with Gasteiger partial charge in [0.25, 0.3) is 5.91 Å². The Hall–Kier alpha value is -3.84. The summed E-state index contributed by atoms with van der Waals surface area (Å²) in [6.45, 7) is 3.14. The van der Waals surface area contributed by atoms with Gasteiger partial charge in [-0.15, -0.1) is 0 Å². The number of anilines is 1. The van der Waals surface area contributed by atoms with Crippen LogP contribution in [-0.2, 0) is 6.42 Å². The highest BCUT2D eigenvalue weighted by atomic mass is 16.2. The van der Waals surface area contributed by atoms with Gasteiger partial charge in [-0.05, 0) is 29.8 Å². The first-order valence-corrected chi connectivity index (χ1v) is 10.7. The lowest BCUT2D eigenvalue weighted by Gasteiger charge is -2.27. The molecule has 1 amide bonds. The number of nitrogen functional groups attached to an aromatic ring is 1. The van der Waals surface area contributed by atoms with Crippen molar-refractivity contribution < 1.29 is 4.79 Å². The standard InChI is InChI=1S/C25H24N6O/c26-25-29-21-11-10-20(28-23(21)22(30-25)16-17-4-2-1-3-5-17)18-6-8-19(9-7-18)24(32)31-14-12-27-13-15-31/h1-11,27H,12-16H2,(H2,26,29,30). The van der Waals surface area contributed by atoms with Gasteiger partial charge in [-0.1, -0.05) is 42.5 Å². The first-order valence-electron chi connectivity index (χ1n) is 10.7. The van der Waals surface area contributed by atoms with Crippen molar-refractivity contribution in [1.82, 2.24) is 25.2 Å². The van der Waals surface area contributed by atoms with E-state index in [1.54, 1.807) is 0 Å². The number of carbonyl (C=O) groups excluding carboxylic acids is 1. The van der Waals surface area contributed by atoms with Gasteiger partial charge in [-0.3, -0.25) is 4.79 Å². The summed E-state index contributed by atoms with van der Waals surface area (Å²) in [6, 6.07) is 21.6. The number of aromatic nitrogens is 3. The zero-order chi connectivity index (χ0) is 21.9. The average molecular weight is 425 g/mol. The Morgan fingerprint density at radius 2 is 1.66 bits per heavy atom. The Bertz CT molecular complexity index is 1250. The van der Waals surface area contributed by atoms with Crippen LogP contribution in [0.15, 0.2) is 66.7 Å². The minimum absolute atomic E-state index is 0.0681. The third-order valence-corrected chi connectivity index (χ3v) is 5.68. The minimum Gasteiger partial charge on any atom is -0.368 e. The minimum atomic E-state index is 0.0681. The number of nitrogens with two attached hydrogens (primary N) is 1. The van der Waals surface area contributed by atoms with E-state index in [-0.39, 0.29) is 11.9 Å². The van der Waals surface area contributed by atoms with Gasteiger partial charge in [0, 0.05) is 43.7 Å². The molecule has 0 atom stereocenters. The number of fused-ring (bicyclic) bond motifs is 1. The van der Waals surface area contributed by atoms with E-state index >= 15 is 0 Å². The lowest BCUT2D eigenvalue weighted by Crippen LogP contribution is -2.46. The first-order chi connectivity index (χ1) is 15.7. The second-order valence-corrected chi connectivity index (χ2v) is 7.87. The molecule has 160 valence electrons. The van der Waals surface area contributed by atoms with Crippen molar-refractivity contribution in [3.8, 4) is 11.3 Å². The molecule has 5 rings (SSSR count). The maximum Gasteiger partial charge on any atom is 0.253 e. The van der Waals surface area contributed by atoms with Gasteiger partial charge in [-0.2, -0.15) is 0 Å². The van der Waals surface area contributed by atoms with E-state index < -0.39 is 0 Å². The van der Waals surface area contributed by atoms with Gasteiger partial charge in [0.05, 0.1) is 16.9 Å². The molecule has 3 N–H and O–H groups in total. The molecule has 2 aromatic carbocycles. The number of benzene rings is 2. The first kappa shape index (κ1) is 20.1. The molecule has 1 aliphatic heterocycles. The van der Waals surface area contributed by atoms with Gasteiger partial charge in [0.1, 0.15) is 5.52 Å². The Labute approximate surface area is 186 Å². The SMILES string of the molecule is Nc1nc(Cc2ccccc2)c2nc(-c3ccc(C(=O)N4CCNCC4)cc3)ccc2n1. The highest BCUT2D eigenvalue weighted by Gasteiger charge is 2.18. The maximum atomic E-state index is 12.7. The highest BCUT2D eigenvalue weighted by molar-refractivity contribution is 5.95. The average Bonchev–Trinajstić information content (AvgIpc) is 2.85. The quantitative estimate of drug-likeness (QED) is 0.523. The third kappa shape index (κ3) is 4.15. The van der Waals surface area contributed by atoms with Crippen LogP contribution in [0, 0.1) is 0 Å². The Kier molecular flexibility index (Phi) is 5.47. The largest absolute Gasteiger partial charge is 0.368 e. The molecule has 4 aromatic rings. The topological polar surface area (TPSA) is 97.0 Å². The van der Waals surface area contributed by atoms with E-state index in [1.165, 1.54) is 0 Å². The van der Waals surface area contributed by atoms with Crippen LogP contribution >= 0.6 is 0 Å². The van der Waals surface area contributed by atoms with Crippen LogP contribution in [0.3, 0.4) is 0 Å². The third-order valence-electron chi connectivity index (χ3n) is 5.68. The Balaban J connectivity index is 1.46. The molecule has 0 bridgehead atoms. The summed E-state index contributed by atoms with van der Waals surface area (Å²) < 4.78 is 0. The molecule has 3 heterocycles. The zero-order valence-corrected chi connectivity index (χ0v) is 17.7. The lowest BCUT2D eigenvalue weighted by atomic mass is 10.1. The molecule has 2 aromatic heterocycles. The number of nitrogens with one attached hydrogen (secondary N) is 1. The van der Waals surface area contributed by atoms with Crippen LogP contribution in [0.4, 0.5) is 5.95 Å². The lowest BCUT2D eigenvalue weighted by molar-refractivity contribution is 0.0736. The summed E-state index contributed by atoms with van der Waals surface area (Å²) in [4.78, 5) is 28.3. The van der Waals surface area contributed by atoms with Crippen LogP contribution in [0.25, 0.3) is 22.3 Å². The number of pyridine rings is 1. The number of rotatable bonds is 4. The molecule has 1 aliphatic rings. The van der Waals surface area contributed by atoms with E-state index in [0.29, 0.717) is 12.0 Å². The van der Waals surface area contributed by atoms with Crippen LogP contribution in [0.2, 0.25) is 0 Å². The second kappa shape index (κ2) is 8.72. The van der Waals surface area contributed by atoms with Crippen LogP contribution in [-0.4, -0.2) is 51.9 Å². The normalized spacial score (nSPS) is 13.9. The van der Waals surface area contributed by atoms with E-state index in [4.69, 9.17) is 10.7 Å². The van der Waals surface area contributed by atoms with Crippen molar-refractivity contribution in [3.63, 3.8) is 0 Å². The summed E-state index contributed by atoms with van der Waals surface area (Å²) >= 11 is 0. The monoisotopic (exact) mass is 424 g/mol. The number of carbonyl (C=O) groups is 1. The van der Waals surface area contributed by atoms with Crippen LogP contribution in [0.1, 0.15) is 21.6 Å². The van der Waals surface area contributed by atoms with Gasteiger partial charge >= 0.3 is 0 Å². The number of hydrogen-bond donors (Lipinski definition) is 2. The number of amides is 1. The van der Waals surface area contributed by atoms with Gasteiger partial charge in [0.15, 0.2) is 0 Å². The summed E-state index contributed by atoms with van der Waals surface area (Å²) in [7, 11) is 0. The van der Waals surface area contributed by atoms with Crippen molar-refractivity contribution in [2.24, 2.45) is 0 Å². The molecule has 1 saturated heterocycles. The molecule has 1 fully saturated rings. The highest BCUT2D eigenvalue weighted by Crippen LogP contribution is 2.24. The van der Waals surface area contributed by atoms with Crippen molar-refractivity contribution >= 4 is 22.9 Å². The summed E-state index contributed by atoms with van der Waals surface area (Å²) in [5.74, 6) is 0.312. The number of piperazine rings is 1. The van der Waals surface area contributed by atoms with E-state index in [1.807, 2.05) is 59.5 Å². The molecule has 7 heteroatoms. The number of nitrogens with zero attached hydrogens (tertiary/aromatic N) is 4. The summed E-state index contributed by atoms with van der Waals surface area (Å²) in [5, 5.41) is 3.27. The molecule has 0 aliphatic carbocycles. The molecule has 0 radical (unpaired) electrons.